The van der Waals surface area contributed by atoms with Crippen LogP contribution in [-0.4, -0.2) is 52.4 Å². The molecule has 0 aliphatic carbocycles. The molecule has 6 nitrogen and oxygen atoms in total. The van der Waals surface area contributed by atoms with Crippen LogP contribution < -0.4 is 4.74 Å². The highest BCUT2D eigenvalue weighted by molar-refractivity contribution is 7.15. The van der Waals surface area contributed by atoms with Gasteiger partial charge in [-0.1, -0.05) is 25.5 Å². The Bertz CT molecular complexity index is 794. The van der Waals surface area contributed by atoms with Gasteiger partial charge in [-0.2, -0.15) is 0 Å². The number of carboxylic acid groups (broad SMARTS) is 1. The van der Waals surface area contributed by atoms with E-state index in [0.717, 1.165) is 27.6 Å². The largest absolute Gasteiger partial charge is 0.496 e. The van der Waals surface area contributed by atoms with Crippen LogP contribution in [0.4, 0.5) is 0 Å². The van der Waals surface area contributed by atoms with E-state index in [0.29, 0.717) is 32.5 Å². The number of aromatic nitrogens is 1. The fraction of sp³-hybridized carbons (Fsp3) is 0.500. The van der Waals surface area contributed by atoms with Gasteiger partial charge in [-0.15, -0.1) is 11.3 Å². The van der Waals surface area contributed by atoms with Crippen LogP contribution in [-0.2, 0) is 11.3 Å². The van der Waals surface area contributed by atoms with Gasteiger partial charge in [0.2, 0.25) is 0 Å². The third-order valence-electron chi connectivity index (χ3n) is 5.34. The molecule has 0 radical (unpaired) electrons. The number of hydrogen-bond acceptors (Lipinski definition) is 6. The minimum atomic E-state index is -1.01. The molecule has 0 bridgehead atoms. The van der Waals surface area contributed by atoms with Gasteiger partial charge in [-0.25, -0.2) is 4.98 Å². The number of carboxylic acids is 1. The number of aliphatic hydroxyl groups excluding tert-OH is 1. The van der Waals surface area contributed by atoms with Crippen molar-refractivity contribution in [2.45, 2.75) is 38.8 Å². The Kier molecular flexibility index (Phi) is 6.14. The van der Waals surface area contributed by atoms with Crippen LogP contribution in [0.3, 0.4) is 0 Å². The van der Waals surface area contributed by atoms with Crippen molar-refractivity contribution in [3.8, 4) is 16.3 Å². The van der Waals surface area contributed by atoms with Crippen molar-refractivity contribution in [2.24, 2.45) is 5.41 Å². The zero-order valence-electron chi connectivity index (χ0n) is 15.7. The summed E-state index contributed by atoms with van der Waals surface area (Å²) < 4.78 is 5.41. The maximum atomic E-state index is 11.8. The summed E-state index contributed by atoms with van der Waals surface area (Å²) in [5.41, 5.74) is -0.0515. The van der Waals surface area contributed by atoms with Crippen LogP contribution in [0.1, 0.15) is 31.1 Å². The average molecular weight is 391 g/mol. The van der Waals surface area contributed by atoms with E-state index in [1.54, 1.807) is 18.4 Å². The highest BCUT2D eigenvalue weighted by Gasteiger charge is 2.47. The molecule has 1 saturated heterocycles. The Morgan fingerprint density at radius 3 is 2.89 bits per heavy atom. The number of rotatable bonds is 7. The van der Waals surface area contributed by atoms with Crippen LogP contribution in [0.5, 0.6) is 5.75 Å². The number of β-amino-alcohol motifs (C(OH)–C–C–N with tert-alkyl or cyclic N) is 1. The summed E-state index contributed by atoms with van der Waals surface area (Å²) >= 11 is 1.60. The third-order valence-corrected chi connectivity index (χ3v) is 6.35. The molecule has 7 heteroatoms. The molecule has 1 aliphatic rings. The van der Waals surface area contributed by atoms with Crippen LogP contribution in [0.2, 0.25) is 0 Å². The van der Waals surface area contributed by atoms with Gasteiger partial charge in [0.05, 0.1) is 24.2 Å². The Hall–Kier alpha value is -1.96. The van der Waals surface area contributed by atoms with E-state index < -0.39 is 17.5 Å². The Balaban J connectivity index is 1.69. The van der Waals surface area contributed by atoms with Crippen molar-refractivity contribution >= 4 is 17.3 Å². The van der Waals surface area contributed by atoms with Crippen LogP contribution in [0.15, 0.2) is 30.5 Å². The number of aliphatic hydroxyl groups is 1. The second-order valence-electron chi connectivity index (χ2n) is 7.04. The molecule has 2 atom stereocenters. The molecule has 146 valence electrons. The van der Waals surface area contributed by atoms with Gasteiger partial charge < -0.3 is 14.9 Å². The van der Waals surface area contributed by atoms with Crippen molar-refractivity contribution in [2.75, 3.05) is 20.2 Å². The topological polar surface area (TPSA) is 82.9 Å². The van der Waals surface area contributed by atoms with E-state index >= 15 is 0 Å². The van der Waals surface area contributed by atoms with E-state index in [-0.39, 0.29) is 0 Å². The molecule has 1 aliphatic heterocycles. The summed E-state index contributed by atoms with van der Waals surface area (Å²) in [6.07, 6.45) is 2.72. The van der Waals surface area contributed by atoms with Crippen molar-refractivity contribution in [1.29, 1.82) is 0 Å². The fourth-order valence-corrected chi connectivity index (χ4v) is 4.80. The molecule has 0 saturated carbocycles. The predicted molar refractivity (Wildman–Crippen MR) is 105 cm³/mol. The standard InChI is InChI=1S/C20H26N2O4S/c1-3-8-20(19(24)25)9-10-22(13-17(20)23)12-14-11-21-18(27-14)15-6-4-5-7-16(15)26-2/h4-7,11,17,23H,3,8-10,12-13H2,1-2H3,(H,24,25)/t17-,20+/m1/s1. The lowest BCUT2D eigenvalue weighted by Gasteiger charge is -2.42. The van der Waals surface area contributed by atoms with Gasteiger partial charge in [0.25, 0.3) is 0 Å². The normalized spacial score (nSPS) is 23.3. The van der Waals surface area contributed by atoms with E-state index in [1.165, 1.54) is 0 Å². The zero-order valence-corrected chi connectivity index (χ0v) is 16.5. The summed E-state index contributed by atoms with van der Waals surface area (Å²) in [4.78, 5) is 19.5. The summed E-state index contributed by atoms with van der Waals surface area (Å²) in [7, 11) is 1.65. The number of ether oxygens (including phenoxy) is 1. The quantitative estimate of drug-likeness (QED) is 0.755. The first-order valence-electron chi connectivity index (χ1n) is 9.22. The summed E-state index contributed by atoms with van der Waals surface area (Å²) in [6, 6.07) is 7.78. The number of hydrogen-bond donors (Lipinski definition) is 2. The number of benzene rings is 1. The molecular formula is C20H26N2O4S. The SMILES string of the molecule is CCC[C@]1(C(=O)O)CCN(Cc2cnc(-c3ccccc3OC)s2)C[C@H]1O. The van der Waals surface area contributed by atoms with Gasteiger partial charge >= 0.3 is 5.97 Å². The molecule has 0 unspecified atom stereocenters. The average Bonchev–Trinajstić information content (AvgIpc) is 3.12. The van der Waals surface area contributed by atoms with Crippen LogP contribution >= 0.6 is 11.3 Å². The van der Waals surface area contributed by atoms with Crippen molar-refractivity contribution in [1.82, 2.24) is 9.88 Å². The lowest BCUT2D eigenvalue weighted by molar-refractivity contribution is -0.164. The second-order valence-corrected chi connectivity index (χ2v) is 8.16. The lowest BCUT2D eigenvalue weighted by Crippen LogP contribution is -2.54. The summed E-state index contributed by atoms with van der Waals surface area (Å²) in [6.45, 7) is 3.64. The van der Waals surface area contributed by atoms with Crippen molar-refractivity contribution in [3.05, 3.63) is 35.3 Å². The highest BCUT2D eigenvalue weighted by Crippen LogP contribution is 2.38. The fourth-order valence-electron chi connectivity index (χ4n) is 3.82. The smallest absolute Gasteiger partial charge is 0.312 e. The number of aliphatic carboxylic acids is 1. The maximum absolute atomic E-state index is 11.8. The minimum Gasteiger partial charge on any atom is -0.496 e. The monoisotopic (exact) mass is 390 g/mol. The van der Waals surface area contributed by atoms with Gasteiger partial charge in [0.1, 0.15) is 10.8 Å². The molecule has 1 aromatic carbocycles. The molecular weight excluding hydrogens is 364 g/mol. The van der Waals surface area contributed by atoms with Gasteiger partial charge in [-0.3, -0.25) is 9.69 Å². The lowest BCUT2D eigenvalue weighted by atomic mass is 9.73. The van der Waals surface area contributed by atoms with Crippen molar-refractivity contribution < 1.29 is 19.7 Å². The van der Waals surface area contributed by atoms with E-state index in [9.17, 15) is 15.0 Å². The third kappa shape index (κ3) is 4.00. The van der Waals surface area contributed by atoms with Crippen molar-refractivity contribution in [3.63, 3.8) is 0 Å². The Labute approximate surface area is 163 Å². The van der Waals surface area contributed by atoms with Crippen LogP contribution in [0.25, 0.3) is 10.6 Å². The summed E-state index contributed by atoms with van der Waals surface area (Å²) in [5, 5.41) is 21.1. The molecule has 1 aromatic heterocycles. The number of likely N-dealkylation sites (tertiary alicyclic amines) is 1. The Morgan fingerprint density at radius 1 is 1.44 bits per heavy atom. The number of nitrogens with zero attached hydrogens (tertiary/aromatic N) is 2. The van der Waals surface area contributed by atoms with E-state index in [4.69, 9.17) is 4.74 Å². The number of piperidine rings is 1. The molecule has 1 fully saturated rings. The zero-order chi connectivity index (χ0) is 19.4. The second kappa shape index (κ2) is 8.37. The van der Waals surface area contributed by atoms with Crippen LogP contribution in [0, 0.1) is 5.41 Å². The first kappa shape index (κ1) is 19.8. The molecule has 0 spiro atoms. The maximum Gasteiger partial charge on any atom is 0.312 e. The molecule has 0 amide bonds. The molecule has 3 rings (SSSR count). The van der Waals surface area contributed by atoms with E-state index in [2.05, 4.69) is 9.88 Å². The molecule has 2 N–H and O–H groups in total. The first-order chi connectivity index (χ1) is 13.0. The van der Waals surface area contributed by atoms with E-state index in [1.807, 2.05) is 37.4 Å². The van der Waals surface area contributed by atoms with Gasteiger partial charge in [0.15, 0.2) is 0 Å². The highest BCUT2D eigenvalue weighted by atomic mass is 32.1. The number of thiazole rings is 1. The number of carbonyl (C=O) groups is 1. The van der Waals surface area contributed by atoms with Gasteiger partial charge in [0, 0.05) is 24.2 Å². The number of methoxy groups -OCH3 is 1. The first-order valence-corrected chi connectivity index (χ1v) is 10.0. The predicted octanol–water partition coefficient (Wildman–Crippen LogP) is 3.26. The summed E-state index contributed by atoms with van der Waals surface area (Å²) in [5.74, 6) is -0.0923. The number of para-hydroxylation sites is 1. The molecule has 27 heavy (non-hydrogen) atoms. The Morgan fingerprint density at radius 2 is 2.22 bits per heavy atom. The van der Waals surface area contributed by atoms with Gasteiger partial charge in [-0.05, 0) is 31.5 Å². The molecule has 2 aromatic rings. The molecule has 2 heterocycles. The minimum absolute atomic E-state index is 0.369.